The Balaban J connectivity index is 1.75. The maximum Gasteiger partial charge on any atom is -0.0250 e. The van der Waals surface area contributed by atoms with E-state index in [2.05, 4.69) is 27.7 Å². The van der Waals surface area contributed by atoms with Crippen LogP contribution in [-0.4, -0.2) is 17.5 Å². The third kappa shape index (κ3) is 2.39. The Kier molecular flexibility index (Phi) is 3.55. The van der Waals surface area contributed by atoms with Gasteiger partial charge in [-0.3, -0.25) is 0 Å². The first-order valence-electron chi connectivity index (χ1n) is 8.23. The molecule has 0 amide bonds. The van der Waals surface area contributed by atoms with Crippen LogP contribution >= 0.6 is 7.92 Å². The van der Waals surface area contributed by atoms with Gasteiger partial charge in [0.2, 0.25) is 0 Å². The summed E-state index contributed by atoms with van der Waals surface area (Å²) in [6.07, 6.45) is 11.2. The van der Waals surface area contributed by atoms with Gasteiger partial charge in [-0.15, -0.1) is 7.92 Å². The summed E-state index contributed by atoms with van der Waals surface area (Å²) >= 11 is 0. The number of hydrogen-bond donors (Lipinski definition) is 0. The van der Waals surface area contributed by atoms with E-state index in [0.717, 1.165) is 34.5 Å². The maximum absolute atomic E-state index is 2.48. The molecule has 4 bridgehead atoms. The Bertz CT molecular complexity index is 261. The molecule has 0 aliphatic heterocycles. The molecule has 4 fully saturated rings. The second kappa shape index (κ2) is 4.76. The topological polar surface area (TPSA) is 0 Å². The van der Waals surface area contributed by atoms with E-state index in [-0.39, 0.29) is 7.92 Å². The van der Waals surface area contributed by atoms with Gasteiger partial charge in [-0.25, -0.2) is 0 Å². The Morgan fingerprint density at radius 1 is 0.833 bits per heavy atom. The van der Waals surface area contributed by atoms with Gasteiger partial charge >= 0.3 is 0 Å². The molecule has 0 aromatic heterocycles. The second-order valence-corrected chi connectivity index (χ2v) is 11.7. The van der Waals surface area contributed by atoms with Crippen molar-refractivity contribution in [1.82, 2.24) is 0 Å². The third-order valence-corrected chi connectivity index (χ3v) is 9.70. The highest BCUT2D eigenvalue weighted by Crippen LogP contribution is 2.64. The van der Waals surface area contributed by atoms with E-state index in [1.165, 1.54) is 0 Å². The second-order valence-electron chi connectivity index (χ2n) is 8.28. The van der Waals surface area contributed by atoms with E-state index in [9.17, 15) is 0 Å². The van der Waals surface area contributed by atoms with Crippen LogP contribution in [-0.2, 0) is 0 Å². The zero-order valence-corrected chi connectivity index (χ0v) is 13.7. The van der Waals surface area contributed by atoms with Gasteiger partial charge in [0, 0.05) is 0 Å². The molecule has 0 radical (unpaired) electrons. The van der Waals surface area contributed by atoms with Crippen LogP contribution in [0.3, 0.4) is 0 Å². The summed E-state index contributed by atoms with van der Waals surface area (Å²) in [5.74, 6) is 3.40. The molecule has 4 aliphatic carbocycles. The lowest BCUT2D eigenvalue weighted by Gasteiger charge is -2.58. The molecule has 0 aromatic rings. The fourth-order valence-electron chi connectivity index (χ4n) is 5.83. The molecule has 4 aliphatic rings. The van der Waals surface area contributed by atoms with E-state index >= 15 is 0 Å². The highest BCUT2D eigenvalue weighted by atomic mass is 31.1. The number of hydrogen-bond acceptors (Lipinski definition) is 0. The van der Waals surface area contributed by atoms with Crippen LogP contribution in [0.4, 0.5) is 0 Å². The maximum atomic E-state index is 2.48. The summed E-state index contributed by atoms with van der Waals surface area (Å²) in [6.45, 7) is 9.91. The number of rotatable bonds is 4. The van der Waals surface area contributed by atoms with Crippen molar-refractivity contribution in [2.24, 2.45) is 23.2 Å². The minimum absolute atomic E-state index is 0.260. The summed E-state index contributed by atoms with van der Waals surface area (Å²) in [6, 6.07) is 0. The molecule has 18 heavy (non-hydrogen) atoms. The van der Waals surface area contributed by atoms with Crippen LogP contribution in [0, 0.1) is 23.2 Å². The highest BCUT2D eigenvalue weighted by Gasteiger charge is 2.51. The molecule has 0 unspecified atom stereocenters. The van der Waals surface area contributed by atoms with Gasteiger partial charge in [0.1, 0.15) is 0 Å². The average molecular weight is 266 g/mol. The molecule has 4 saturated carbocycles. The molecule has 0 N–H and O–H groups in total. The first-order chi connectivity index (χ1) is 8.47. The van der Waals surface area contributed by atoms with Gasteiger partial charge in [0.05, 0.1) is 0 Å². The van der Waals surface area contributed by atoms with Crippen molar-refractivity contribution >= 4 is 7.92 Å². The van der Waals surface area contributed by atoms with E-state index in [4.69, 9.17) is 0 Å². The van der Waals surface area contributed by atoms with Gasteiger partial charge in [0.15, 0.2) is 0 Å². The van der Waals surface area contributed by atoms with Crippen molar-refractivity contribution in [3.05, 3.63) is 0 Å². The van der Waals surface area contributed by atoms with Crippen LogP contribution in [0.5, 0.6) is 0 Å². The first kappa shape index (κ1) is 13.4. The van der Waals surface area contributed by atoms with E-state index in [1.807, 2.05) is 0 Å². The monoisotopic (exact) mass is 266 g/mol. The zero-order chi connectivity index (χ0) is 12.9. The van der Waals surface area contributed by atoms with Crippen molar-refractivity contribution < 1.29 is 0 Å². The molecule has 0 atom stereocenters. The molecular weight excluding hydrogens is 235 g/mol. The van der Waals surface area contributed by atoms with Crippen molar-refractivity contribution in [1.29, 1.82) is 0 Å². The van der Waals surface area contributed by atoms with E-state index in [0.29, 0.717) is 0 Å². The minimum atomic E-state index is 0.260. The molecule has 0 spiro atoms. The standard InChI is InChI=1S/C17H31P/c1-12(2)18(13(3)4)11-17-8-14-5-15(9-17)7-16(6-14)10-17/h12-16H,5-11H2,1-4H3. The summed E-state index contributed by atoms with van der Waals surface area (Å²) in [5.41, 5.74) is 2.69. The Morgan fingerprint density at radius 2 is 1.22 bits per heavy atom. The van der Waals surface area contributed by atoms with E-state index < -0.39 is 0 Å². The average Bonchev–Trinajstić information content (AvgIpc) is 2.23. The van der Waals surface area contributed by atoms with Gasteiger partial charge < -0.3 is 0 Å². The fourth-order valence-corrected chi connectivity index (χ4v) is 8.92. The Labute approximate surface area is 115 Å². The summed E-state index contributed by atoms with van der Waals surface area (Å²) in [5, 5.41) is 0. The predicted molar refractivity (Wildman–Crippen MR) is 82.7 cm³/mol. The van der Waals surface area contributed by atoms with Crippen molar-refractivity contribution in [2.75, 3.05) is 6.16 Å². The largest absolute Gasteiger partial charge is 0.101 e. The normalized spacial score (nSPS) is 42.5. The zero-order valence-electron chi connectivity index (χ0n) is 12.8. The SMILES string of the molecule is CC(C)P(CC12CC3CC(CC(C3)C1)C2)C(C)C. The Hall–Kier alpha value is 0.430. The van der Waals surface area contributed by atoms with E-state index in [1.54, 1.807) is 44.7 Å². The van der Waals surface area contributed by atoms with Crippen LogP contribution < -0.4 is 0 Å². The lowest BCUT2D eigenvalue weighted by atomic mass is 9.50. The highest BCUT2D eigenvalue weighted by molar-refractivity contribution is 7.59. The van der Waals surface area contributed by atoms with Crippen LogP contribution in [0.1, 0.15) is 66.2 Å². The van der Waals surface area contributed by atoms with Crippen LogP contribution in [0.2, 0.25) is 0 Å². The summed E-state index contributed by atoms with van der Waals surface area (Å²) in [4.78, 5) is 0. The third-order valence-electron chi connectivity index (χ3n) is 6.01. The summed E-state index contributed by atoms with van der Waals surface area (Å²) in [7, 11) is 0.260. The summed E-state index contributed by atoms with van der Waals surface area (Å²) < 4.78 is 0. The smallest absolute Gasteiger partial charge is 0.0250 e. The molecule has 1 heteroatoms. The molecular formula is C17H31P. The van der Waals surface area contributed by atoms with Gasteiger partial charge in [-0.05, 0) is 79.2 Å². The fraction of sp³-hybridized carbons (Fsp3) is 1.00. The molecule has 0 nitrogen and oxygen atoms in total. The van der Waals surface area contributed by atoms with Crippen LogP contribution in [0.25, 0.3) is 0 Å². The predicted octanol–water partition coefficient (Wildman–Crippen LogP) is 5.50. The van der Waals surface area contributed by atoms with Crippen molar-refractivity contribution in [2.45, 2.75) is 77.5 Å². The molecule has 0 heterocycles. The molecule has 4 rings (SSSR count). The first-order valence-corrected chi connectivity index (χ1v) is 9.90. The van der Waals surface area contributed by atoms with Crippen molar-refractivity contribution in [3.8, 4) is 0 Å². The van der Waals surface area contributed by atoms with Crippen LogP contribution in [0.15, 0.2) is 0 Å². The van der Waals surface area contributed by atoms with Gasteiger partial charge in [0.25, 0.3) is 0 Å². The minimum Gasteiger partial charge on any atom is -0.101 e. The quantitative estimate of drug-likeness (QED) is 0.589. The Morgan fingerprint density at radius 3 is 1.56 bits per heavy atom. The lowest BCUT2D eigenvalue weighted by molar-refractivity contribution is -0.0389. The van der Waals surface area contributed by atoms with Crippen molar-refractivity contribution in [3.63, 3.8) is 0 Å². The molecule has 0 aromatic carbocycles. The lowest BCUT2D eigenvalue weighted by Crippen LogP contribution is -2.47. The van der Waals surface area contributed by atoms with Gasteiger partial charge in [-0.1, -0.05) is 27.7 Å². The molecule has 104 valence electrons. The molecule has 0 saturated heterocycles. The van der Waals surface area contributed by atoms with Gasteiger partial charge in [-0.2, -0.15) is 0 Å².